The lowest BCUT2D eigenvalue weighted by Gasteiger charge is -2.06. The molecule has 1 unspecified atom stereocenters. The maximum absolute atomic E-state index is 11.7. The number of carbonyl (C=O) groups excluding carboxylic acids is 1. The number of furan rings is 1. The van der Waals surface area contributed by atoms with E-state index in [1.54, 1.807) is 12.5 Å². The van der Waals surface area contributed by atoms with Crippen LogP contribution in [-0.4, -0.2) is 23.5 Å². The van der Waals surface area contributed by atoms with Crippen LogP contribution in [0.1, 0.15) is 19.0 Å². The predicted molar refractivity (Wildman–Crippen MR) is 89.3 cm³/mol. The van der Waals surface area contributed by atoms with Crippen LogP contribution >= 0.6 is 36.2 Å². The SMILES string of the molecule is CC(N)CCNC(=O)Cc1csc(-c2ccoc2)n1.Cl.Cl. The molecule has 1 atom stereocenters. The average molecular weight is 352 g/mol. The van der Waals surface area contributed by atoms with Crippen LogP contribution in [0.15, 0.2) is 28.4 Å². The second-order valence-corrected chi connectivity index (χ2v) is 5.31. The third kappa shape index (κ3) is 6.48. The fourth-order valence-corrected chi connectivity index (χ4v) is 2.38. The Morgan fingerprint density at radius 1 is 1.52 bits per heavy atom. The zero-order chi connectivity index (χ0) is 13.7. The van der Waals surface area contributed by atoms with Crippen LogP contribution in [0.3, 0.4) is 0 Å². The summed E-state index contributed by atoms with van der Waals surface area (Å²) in [5.41, 5.74) is 7.33. The molecule has 0 aliphatic rings. The lowest BCUT2D eigenvalue weighted by Crippen LogP contribution is -2.30. The molecule has 0 radical (unpaired) electrons. The molecule has 5 nitrogen and oxygen atoms in total. The van der Waals surface area contributed by atoms with Gasteiger partial charge in [-0.3, -0.25) is 4.79 Å². The van der Waals surface area contributed by atoms with Crippen molar-refractivity contribution in [2.45, 2.75) is 25.8 Å². The molecule has 118 valence electrons. The van der Waals surface area contributed by atoms with Crippen molar-refractivity contribution in [3.63, 3.8) is 0 Å². The molecule has 2 heterocycles. The maximum Gasteiger partial charge on any atom is 0.226 e. The first-order chi connectivity index (χ1) is 9.15. The number of aromatic nitrogens is 1. The van der Waals surface area contributed by atoms with E-state index < -0.39 is 0 Å². The van der Waals surface area contributed by atoms with Gasteiger partial charge < -0.3 is 15.5 Å². The Balaban J connectivity index is 0.00000200. The Hall–Kier alpha value is -1.08. The van der Waals surface area contributed by atoms with E-state index in [0.717, 1.165) is 22.7 Å². The molecule has 0 saturated carbocycles. The van der Waals surface area contributed by atoms with Gasteiger partial charge in [0.05, 0.1) is 18.4 Å². The monoisotopic (exact) mass is 351 g/mol. The average Bonchev–Trinajstić information content (AvgIpc) is 2.97. The summed E-state index contributed by atoms with van der Waals surface area (Å²) in [6.45, 7) is 2.53. The van der Waals surface area contributed by atoms with Crippen LogP contribution < -0.4 is 11.1 Å². The van der Waals surface area contributed by atoms with Crippen molar-refractivity contribution in [3.8, 4) is 10.6 Å². The molecule has 8 heteroatoms. The Labute approximate surface area is 140 Å². The highest BCUT2D eigenvalue weighted by Crippen LogP contribution is 2.23. The number of carbonyl (C=O) groups is 1. The summed E-state index contributed by atoms with van der Waals surface area (Å²) in [5.74, 6) is -0.0234. The molecule has 0 saturated heterocycles. The van der Waals surface area contributed by atoms with E-state index >= 15 is 0 Å². The minimum Gasteiger partial charge on any atom is -0.472 e. The first-order valence-corrected chi connectivity index (χ1v) is 7.02. The van der Waals surface area contributed by atoms with Crippen molar-refractivity contribution in [3.05, 3.63) is 29.7 Å². The molecule has 2 aromatic heterocycles. The molecule has 2 aromatic rings. The standard InChI is InChI=1S/C13H17N3O2S.2ClH/c1-9(14)2-4-15-12(17)6-11-8-19-13(16-11)10-3-5-18-7-10;;/h3,5,7-9H,2,4,6,14H2,1H3,(H,15,17);2*1H. The van der Waals surface area contributed by atoms with Gasteiger partial charge in [0, 0.05) is 23.5 Å². The number of thiazole rings is 1. The van der Waals surface area contributed by atoms with Gasteiger partial charge in [0.25, 0.3) is 0 Å². The van der Waals surface area contributed by atoms with E-state index in [2.05, 4.69) is 10.3 Å². The Kier molecular flexibility index (Phi) is 9.28. The minimum atomic E-state index is -0.0234. The highest BCUT2D eigenvalue weighted by Gasteiger charge is 2.09. The Bertz CT molecular complexity index is 529. The first-order valence-electron chi connectivity index (χ1n) is 6.14. The number of hydrogen-bond donors (Lipinski definition) is 2. The smallest absolute Gasteiger partial charge is 0.226 e. The zero-order valence-corrected chi connectivity index (χ0v) is 14.0. The van der Waals surface area contributed by atoms with Crippen LogP contribution in [0.4, 0.5) is 0 Å². The molecule has 0 aliphatic carbocycles. The molecule has 0 aromatic carbocycles. The van der Waals surface area contributed by atoms with Gasteiger partial charge in [0.2, 0.25) is 5.91 Å². The molecule has 0 fully saturated rings. The van der Waals surface area contributed by atoms with Crippen molar-refractivity contribution < 1.29 is 9.21 Å². The van der Waals surface area contributed by atoms with E-state index in [0.29, 0.717) is 13.0 Å². The summed E-state index contributed by atoms with van der Waals surface area (Å²) in [6, 6.07) is 1.96. The van der Waals surface area contributed by atoms with E-state index in [1.807, 2.05) is 18.4 Å². The van der Waals surface area contributed by atoms with Crippen LogP contribution in [0.2, 0.25) is 0 Å². The van der Waals surface area contributed by atoms with Gasteiger partial charge in [-0.1, -0.05) is 0 Å². The molecule has 2 rings (SSSR count). The summed E-state index contributed by atoms with van der Waals surface area (Å²) < 4.78 is 5.01. The minimum absolute atomic E-state index is 0. The van der Waals surface area contributed by atoms with E-state index in [9.17, 15) is 4.79 Å². The third-order valence-corrected chi connectivity index (χ3v) is 3.52. The molecule has 0 spiro atoms. The van der Waals surface area contributed by atoms with Crippen molar-refractivity contribution in [1.29, 1.82) is 0 Å². The second-order valence-electron chi connectivity index (χ2n) is 4.45. The van der Waals surface area contributed by atoms with Crippen LogP contribution in [0, 0.1) is 0 Å². The van der Waals surface area contributed by atoms with Gasteiger partial charge in [0.1, 0.15) is 11.3 Å². The van der Waals surface area contributed by atoms with Crippen LogP contribution in [-0.2, 0) is 11.2 Å². The molecule has 1 amide bonds. The number of hydrogen-bond acceptors (Lipinski definition) is 5. The van der Waals surface area contributed by atoms with E-state index in [4.69, 9.17) is 10.2 Å². The molecule has 0 bridgehead atoms. The highest BCUT2D eigenvalue weighted by molar-refractivity contribution is 7.13. The summed E-state index contributed by atoms with van der Waals surface area (Å²) in [4.78, 5) is 16.1. The number of halogens is 2. The summed E-state index contributed by atoms with van der Waals surface area (Å²) in [6.07, 6.45) is 4.33. The van der Waals surface area contributed by atoms with Gasteiger partial charge in [-0.2, -0.15) is 0 Å². The van der Waals surface area contributed by atoms with Crippen molar-refractivity contribution in [2.75, 3.05) is 6.54 Å². The van der Waals surface area contributed by atoms with E-state index in [1.165, 1.54) is 11.3 Å². The quantitative estimate of drug-likeness (QED) is 0.837. The summed E-state index contributed by atoms with van der Waals surface area (Å²) >= 11 is 1.51. The normalized spacial score (nSPS) is 11.1. The first kappa shape index (κ1) is 19.9. The van der Waals surface area contributed by atoms with Crippen molar-refractivity contribution >= 4 is 42.1 Å². The van der Waals surface area contributed by atoms with Crippen molar-refractivity contribution in [2.24, 2.45) is 5.73 Å². The predicted octanol–water partition coefficient (Wildman–Crippen LogP) is 2.64. The Morgan fingerprint density at radius 2 is 2.29 bits per heavy atom. The van der Waals surface area contributed by atoms with Gasteiger partial charge >= 0.3 is 0 Å². The van der Waals surface area contributed by atoms with Crippen LogP contribution in [0.5, 0.6) is 0 Å². The molecule has 3 N–H and O–H groups in total. The maximum atomic E-state index is 11.7. The highest BCUT2D eigenvalue weighted by atomic mass is 35.5. The molecule has 0 aliphatic heterocycles. The van der Waals surface area contributed by atoms with Crippen LogP contribution in [0.25, 0.3) is 10.6 Å². The lowest BCUT2D eigenvalue weighted by atomic mass is 10.2. The number of amides is 1. The number of nitrogens with zero attached hydrogens (tertiary/aromatic N) is 1. The summed E-state index contributed by atoms with van der Waals surface area (Å²) in [5, 5.41) is 5.60. The van der Waals surface area contributed by atoms with Gasteiger partial charge in [0.15, 0.2) is 0 Å². The fourth-order valence-electron chi connectivity index (χ4n) is 1.57. The number of rotatable bonds is 6. The largest absolute Gasteiger partial charge is 0.472 e. The fraction of sp³-hybridized carbons (Fsp3) is 0.385. The topological polar surface area (TPSA) is 81.1 Å². The third-order valence-electron chi connectivity index (χ3n) is 2.58. The molecule has 21 heavy (non-hydrogen) atoms. The zero-order valence-electron chi connectivity index (χ0n) is 11.6. The molecular weight excluding hydrogens is 333 g/mol. The van der Waals surface area contributed by atoms with Gasteiger partial charge in [-0.25, -0.2) is 4.98 Å². The van der Waals surface area contributed by atoms with Crippen molar-refractivity contribution in [1.82, 2.24) is 10.3 Å². The Morgan fingerprint density at radius 3 is 2.90 bits per heavy atom. The molecular formula is C13H19Cl2N3O2S. The summed E-state index contributed by atoms with van der Waals surface area (Å²) in [7, 11) is 0. The number of nitrogens with two attached hydrogens (primary N) is 1. The number of nitrogens with one attached hydrogen (secondary N) is 1. The second kappa shape index (κ2) is 9.78. The van der Waals surface area contributed by atoms with Gasteiger partial charge in [-0.05, 0) is 19.4 Å². The van der Waals surface area contributed by atoms with E-state index in [-0.39, 0.29) is 36.8 Å². The van der Waals surface area contributed by atoms with Gasteiger partial charge in [-0.15, -0.1) is 36.2 Å². The lowest BCUT2D eigenvalue weighted by molar-refractivity contribution is -0.120.